The summed E-state index contributed by atoms with van der Waals surface area (Å²) in [6.45, 7) is 0.321. The van der Waals surface area contributed by atoms with E-state index in [0.29, 0.717) is 34.5 Å². The number of sulfonamides is 1. The standard InChI is InChI=1S/C24H18ClN5O2S2/c25-19-12-17(34(26,31)32)10-9-16(19)13-28-23-21-18(15-6-2-1-3-7-15)14-33-24(21)30-22(29-23)20-8-4-5-11-27-20/h1-12,14H,13H2,(H2,26,31,32)(H,28,29,30). The zero-order chi connectivity index (χ0) is 23.7. The second kappa shape index (κ2) is 9.11. The highest BCUT2D eigenvalue weighted by molar-refractivity contribution is 7.89. The van der Waals surface area contributed by atoms with Crippen LogP contribution in [0.25, 0.3) is 32.9 Å². The second-order valence-electron chi connectivity index (χ2n) is 7.46. The molecule has 3 aromatic heterocycles. The molecule has 170 valence electrons. The number of rotatable bonds is 6. The average molecular weight is 508 g/mol. The third kappa shape index (κ3) is 4.51. The van der Waals surface area contributed by atoms with Crippen LogP contribution >= 0.6 is 22.9 Å². The van der Waals surface area contributed by atoms with Crippen LogP contribution in [0.5, 0.6) is 0 Å². The minimum Gasteiger partial charge on any atom is -0.365 e. The van der Waals surface area contributed by atoms with Crippen LogP contribution in [0.1, 0.15) is 5.56 Å². The normalized spacial score (nSPS) is 11.6. The topological polar surface area (TPSA) is 111 Å². The molecule has 0 aliphatic carbocycles. The maximum absolute atomic E-state index is 11.6. The zero-order valence-corrected chi connectivity index (χ0v) is 20.0. The summed E-state index contributed by atoms with van der Waals surface area (Å²) in [4.78, 5) is 14.7. The van der Waals surface area contributed by atoms with Crippen LogP contribution in [-0.4, -0.2) is 23.4 Å². The molecule has 0 fully saturated rings. The molecular weight excluding hydrogens is 490 g/mol. The molecule has 7 nitrogen and oxygen atoms in total. The van der Waals surface area contributed by atoms with E-state index in [1.54, 1.807) is 12.3 Å². The van der Waals surface area contributed by atoms with Gasteiger partial charge in [-0.15, -0.1) is 11.3 Å². The number of halogens is 1. The molecule has 0 amide bonds. The fourth-order valence-corrected chi connectivity index (χ4v) is 5.34. The van der Waals surface area contributed by atoms with Gasteiger partial charge in [0.05, 0.1) is 10.3 Å². The first-order chi connectivity index (χ1) is 16.4. The van der Waals surface area contributed by atoms with Gasteiger partial charge in [0.1, 0.15) is 16.3 Å². The number of hydrogen-bond acceptors (Lipinski definition) is 7. The molecule has 0 aliphatic rings. The van der Waals surface area contributed by atoms with Crippen molar-refractivity contribution in [1.29, 1.82) is 0 Å². The van der Waals surface area contributed by atoms with E-state index in [2.05, 4.69) is 15.7 Å². The van der Waals surface area contributed by atoms with E-state index in [0.717, 1.165) is 21.3 Å². The molecule has 5 rings (SSSR count). The van der Waals surface area contributed by atoms with E-state index in [1.807, 2.05) is 48.5 Å². The number of hydrogen-bond donors (Lipinski definition) is 2. The number of nitrogens with one attached hydrogen (secondary N) is 1. The zero-order valence-electron chi connectivity index (χ0n) is 17.6. The van der Waals surface area contributed by atoms with Crippen molar-refractivity contribution in [2.24, 2.45) is 5.14 Å². The van der Waals surface area contributed by atoms with E-state index >= 15 is 0 Å². The molecule has 0 unspecified atom stereocenters. The molecule has 10 heteroatoms. The minimum absolute atomic E-state index is 0.0349. The van der Waals surface area contributed by atoms with Crippen molar-refractivity contribution in [3.63, 3.8) is 0 Å². The van der Waals surface area contributed by atoms with Gasteiger partial charge in [-0.05, 0) is 35.4 Å². The number of fused-ring (bicyclic) bond motifs is 1. The predicted octanol–water partition coefficient (Wildman–Crippen LogP) is 5.33. The number of nitrogens with zero attached hydrogens (tertiary/aromatic N) is 3. The van der Waals surface area contributed by atoms with Crippen LogP contribution in [0.3, 0.4) is 0 Å². The molecule has 0 saturated heterocycles. The van der Waals surface area contributed by atoms with Crippen molar-refractivity contribution in [3.8, 4) is 22.6 Å². The van der Waals surface area contributed by atoms with Gasteiger partial charge in [0.15, 0.2) is 5.82 Å². The Morgan fingerprint density at radius 2 is 1.79 bits per heavy atom. The highest BCUT2D eigenvalue weighted by Gasteiger charge is 2.17. The molecule has 0 atom stereocenters. The van der Waals surface area contributed by atoms with Gasteiger partial charge < -0.3 is 5.32 Å². The van der Waals surface area contributed by atoms with Crippen LogP contribution in [0.4, 0.5) is 5.82 Å². The Hall–Kier alpha value is -3.37. The third-order valence-electron chi connectivity index (χ3n) is 5.21. The van der Waals surface area contributed by atoms with Crippen LogP contribution in [0.15, 0.2) is 83.2 Å². The van der Waals surface area contributed by atoms with E-state index in [9.17, 15) is 8.42 Å². The Balaban J connectivity index is 1.59. The van der Waals surface area contributed by atoms with Gasteiger partial charge in [-0.2, -0.15) is 0 Å². The third-order valence-corrected chi connectivity index (χ3v) is 7.35. The fourth-order valence-electron chi connectivity index (χ4n) is 3.54. The van der Waals surface area contributed by atoms with Gasteiger partial charge in [-0.25, -0.2) is 23.5 Å². The molecule has 5 aromatic rings. The Morgan fingerprint density at radius 3 is 2.50 bits per heavy atom. The Morgan fingerprint density at radius 1 is 1.00 bits per heavy atom. The molecule has 0 bridgehead atoms. The van der Waals surface area contributed by atoms with E-state index in [-0.39, 0.29) is 4.90 Å². The summed E-state index contributed by atoms with van der Waals surface area (Å²) in [6.07, 6.45) is 1.70. The molecular formula is C24H18ClN5O2S2. The molecule has 0 spiro atoms. The monoisotopic (exact) mass is 507 g/mol. The lowest BCUT2D eigenvalue weighted by Gasteiger charge is -2.12. The summed E-state index contributed by atoms with van der Waals surface area (Å²) in [5.41, 5.74) is 3.45. The first-order valence-corrected chi connectivity index (χ1v) is 13.0. The molecule has 2 aromatic carbocycles. The first kappa shape index (κ1) is 22.4. The number of primary sulfonamides is 1. The van der Waals surface area contributed by atoms with Crippen LogP contribution in [0.2, 0.25) is 5.02 Å². The van der Waals surface area contributed by atoms with Crippen LogP contribution in [-0.2, 0) is 16.6 Å². The van der Waals surface area contributed by atoms with Crippen LogP contribution in [0, 0.1) is 0 Å². The largest absolute Gasteiger partial charge is 0.365 e. The lowest BCUT2D eigenvalue weighted by molar-refractivity contribution is 0.598. The molecule has 0 saturated carbocycles. The number of anilines is 1. The van der Waals surface area contributed by atoms with Gasteiger partial charge in [0.2, 0.25) is 10.0 Å². The van der Waals surface area contributed by atoms with E-state index in [4.69, 9.17) is 26.7 Å². The van der Waals surface area contributed by atoms with E-state index in [1.165, 1.54) is 23.5 Å². The molecule has 3 N–H and O–H groups in total. The SMILES string of the molecule is NS(=O)(=O)c1ccc(CNc2nc(-c3ccccn3)nc3scc(-c4ccccc4)c23)c(Cl)c1. The number of aromatic nitrogens is 3. The highest BCUT2D eigenvalue weighted by atomic mass is 35.5. The van der Waals surface area contributed by atoms with Crippen molar-refractivity contribution >= 4 is 49.0 Å². The van der Waals surface area contributed by atoms with Gasteiger partial charge in [0.25, 0.3) is 0 Å². The van der Waals surface area contributed by atoms with Crippen molar-refractivity contribution < 1.29 is 8.42 Å². The van der Waals surface area contributed by atoms with E-state index < -0.39 is 10.0 Å². The Bertz CT molecular complexity index is 1590. The summed E-state index contributed by atoms with van der Waals surface area (Å²) in [6, 6.07) is 20.0. The van der Waals surface area contributed by atoms with Crippen molar-refractivity contribution in [2.45, 2.75) is 11.4 Å². The fraction of sp³-hybridized carbons (Fsp3) is 0.0417. The summed E-state index contributed by atoms with van der Waals surface area (Å²) in [7, 11) is -3.83. The second-order valence-corrected chi connectivity index (χ2v) is 10.3. The van der Waals surface area contributed by atoms with Crippen molar-refractivity contribution in [1.82, 2.24) is 15.0 Å². The van der Waals surface area contributed by atoms with Gasteiger partial charge in [-0.3, -0.25) is 4.98 Å². The molecule has 0 aliphatic heterocycles. The Kier molecular flexibility index (Phi) is 6.01. The van der Waals surface area contributed by atoms with Gasteiger partial charge in [-0.1, -0.05) is 54.1 Å². The number of thiophene rings is 1. The quantitative estimate of drug-likeness (QED) is 0.321. The predicted molar refractivity (Wildman–Crippen MR) is 136 cm³/mol. The first-order valence-electron chi connectivity index (χ1n) is 10.2. The smallest absolute Gasteiger partial charge is 0.238 e. The molecule has 3 heterocycles. The van der Waals surface area contributed by atoms with Gasteiger partial charge in [0, 0.05) is 28.7 Å². The summed E-state index contributed by atoms with van der Waals surface area (Å²) in [5.74, 6) is 1.14. The number of benzene rings is 2. The lowest BCUT2D eigenvalue weighted by atomic mass is 10.1. The molecule has 0 radical (unpaired) electrons. The molecule has 34 heavy (non-hydrogen) atoms. The maximum atomic E-state index is 11.6. The summed E-state index contributed by atoms with van der Waals surface area (Å²) in [5, 5.41) is 11.8. The van der Waals surface area contributed by atoms with Crippen molar-refractivity contribution in [3.05, 3.63) is 88.9 Å². The number of pyridine rings is 1. The summed E-state index contributed by atoms with van der Waals surface area (Å²) < 4.78 is 23.2. The van der Waals surface area contributed by atoms with Crippen LogP contribution < -0.4 is 10.5 Å². The summed E-state index contributed by atoms with van der Waals surface area (Å²) >= 11 is 7.89. The van der Waals surface area contributed by atoms with Gasteiger partial charge >= 0.3 is 0 Å². The Labute approximate surface area is 205 Å². The van der Waals surface area contributed by atoms with Crippen molar-refractivity contribution in [2.75, 3.05) is 5.32 Å². The minimum atomic E-state index is -3.83. The number of nitrogens with two attached hydrogens (primary N) is 1. The maximum Gasteiger partial charge on any atom is 0.238 e. The highest BCUT2D eigenvalue weighted by Crippen LogP contribution is 2.38. The average Bonchev–Trinajstić information content (AvgIpc) is 3.28. The lowest BCUT2D eigenvalue weighted by Crippen LogP contribution is -2.12.